The van der Waals surface area contributed by atoms with Crippen LogP contribution in [0.25, 0.3) is 0 Å². The Bertz CT molecular complexity index is 1040. The molecule has 3 fully saturated rings. The first-order chi connectivity index (χ1) is 18.5. The van der Waals surface area contributed by atoms with E-state index in [1.54, 1.807) is 7.11 Å². The van der Waals surface area contributed by atoms with E-state index in [9.17, 15) is 4.79 Å². The van der Waals surface area contributed by atoms with Crippen molar-refractivity contribution in [1.29, 1.82) is 0 Å². The number of carbonyl (C=O) groups excluding carboxylic acids is 1. The monoisotopic (exact) mass is 517 g/mol. The SMILES string of the molecule is CCCCCN(C)C1(c2ccccc2)CCC2(CC1)CN(Cc1ccc(OC)cc1)C(=O)N2CC1CCC1. The minimum absolute atomic E-state index is 0.0504. The number of hydrogen-bond acceptors (Lipinski definition) is 3. The van der Waals surface area contributed by atoms with Crippen molar-refractivity contribution >= 4 is 6.03 Å². The molecular weight excluding hydrogens is 470 g/mol. The van der Waals surface area contributed by atoms with Gasteiger partial charge in [-0.2, -0.15) is 0 Å². The van der Waals surface area contributed by atoms with Crippen molar-refractivity contribution in [3.05, 3.63) is 65.7 Å². The van der Waals surface area contributed by atoms with Gasteiger partial charge in [0, 0.05) is 25.2 Å². The highest BCUT2D eigenvalue weighted by molar-refractivity contribution is 5.78. The van der Waals surface area contributed by atoms with E-state index in [4.69, 9.17) is 4.74 Å². The molecule has 3 aliphatic rings. The standard InChI is InChI=1S/C33H47N3O2/c1-4-5-9-23-34(2)33(29-13-7-6-8-14-29)21-19-32(20-22-33)26-35(24-28-15-17-30(38-3)18-16-28)31(37)36(32)25-27-11-10-12-27/h6-8,13-18,27H,4-5,9-12,19-26H2,1-3H3. The van der Waals surface area contributed by atoms with Gasteiger partial charge in [-0.3, -0.25) is 4.90 Å². The zero-order chi connectivity index (χ0) is 26.6. The lowest BCUT2D eigenvalue weighted by Gasteiger charge is -2.52. The summed E-state index contributed by atoms with van der Waals surface area (Å²) in [6, 6.07) is 19.6. The van der Waals surface area contributed by atoms with Crippen LogP contribution in [0, 0.1) is 5.92 Å². The zero-order valence-electron chi connectivity index (χ0n) is 23.8. The van der Waals surface area contributed by atoms with E-state index in [-0.39, 0.29) is 17.1 Å². The second kappa shape index (κ2) is 11.7. The van der Waals surface area contributed by atoms with Crippen LogP contribution in [0.2, 0.25) is 0 Å². The zero-order valence-corrected chi connectivity index (χ0v) is 23.8. The van der Waals surface area contributed by atoms with Crippen LogP contribution < -0.4 is 4.74 Å². The van der Waals surface area contributed by atoms with E-state index >= 15 is 0 Å². The summed E-state index contributed by atoms with van der Waals surface area (Å²) in [5.74, 6) is 1.53. The van der Waals surface area contributed by atoms with Gasteiger partial charge in [0.2, 0.25) is 0 Å². The molecule has 1 heterocycles. The lowest BCUT2D eigenvalue weighted by atomic mass is 9.67. The molecule has 2 aliphatic carbocycles. The summed E-state index contributed by atoms with van der Waals surface area (Å²) in [5, 5.41) is 0. The molecule has 0 N–H and O–H groups in total. The first-order valence-electron chi connectivity index (χ1n) is 15.0. The molecule has 2 saturated carbocycles. The van der Waals surface area contributed by atoms with Gasteiger partial charge in [-0.15, -0.1) is 0 Å². The van der Waals surface area contributed by atoms with Crippen molar-refractivity contribution < 1.29 is 9.53 Å². The molecule has 2 aromatic carbocycles. The molecule has 0 unspecified atom stereocenters. The lowest BCUT2D eigenvalue weighted by Crippen LogP contribution is -2.57. The number of amides is 2. The summed E-state index contributed by atoms with van der Waals surface area (Å²) in [6.07, 6.45) is 12.0. The van der Waals surface area contributed by atoms with Crippen molar-refractivity contribution in [2.45, 2.75) is 88.8 Å². The van der Waals surface area contributed by atoms with E-state index in [1.807, 2.05) is 12.1 Å². The maximum absolute atomic E-state index is 13.9. The molecule has 0 aromatic heterocycles. The van der Waals surface area contributed by atoms with E-state index in [2.05, 4.69) is 71.1 Å². The van der Waals surface area contributed by atoms with Gasteiger partial charge in [0.05, 0.1) is 12.6 Å². The average Bonchev–Trinajstić information content (AvgIpc) is 3.17. The van der Waals surface area contributed by atoms with Gasteiger partial charge >= 0.3 is 6.03 Å². The van der Waals surface area contributed by atoms with Crippen LogP contribution in [0.15, 0.2) is 54.6 Å². The number of carbonyl (C=O) groups is 1. The molecule has 38 heavy (non-hydrogen) atoms. The average molecular weight is 518 g/mol. The molecule has 1 aliphatic heterocycles. The Balaban J connectivity index is 1.38. The van der Waals surface area contributed by atoms with Crippen LogP contribution in [0.4, 0.5) is 4.79 Å². The van der Waals surface area contributed by atoms with Crippen molar-refractivity contribution in [3.8, 4) is 5.75 Å². The van der Waals surface area contributed by atoms with Crippen LogP contribution in [0.5, 0.6) is 5.75 Å². The van der Waals surface area contributed by atoms with Crippen LogP contribution in [0.3, 0.4) is 0 Å². The van der Waals surface area contributed by atoms with Gasteiger partial charge in [0.1, 0.15) is 5.75 Å². The predicted octanol–water partition coefficient (Wildman–Crippen LogP) is 7.06. The molecule has 0 bridgehead atoms. The van der Waals surface area contributed by atoms with Crippen LogP contribution >= 0.6 is 0 Å². The molecule has 1 spiro atoms. The Morgan fingerprint density at radius 1 is 0.974 bits per heavy atom. The Labute approximate surface area is 230 Å². The topological polar surface area (TPSA) is 36.0 Å². The van der Waals surface area contributed by atoms with Gasteiger partial charge in [-0.1, -0.05) is 68.7 Å². The van der Waals surface area contributed by atoms with Crippen LogP contribution in [-0.2, 0) is 12.1 Å². The normalized spacial score (nSPS) is 25.8. The first-order valence-corrected chi connectivity index (χ1v) is 15.0. The van der Waals surface area contributed by atoms with E-state index < -0.39 is 0 Å². The fraction of sp³-hybridized carbons (Fsp3) is 0.606. The molecule has 5 nitrogen and oxygen atoms in total. The highest BCUT2D eigenvalue weighted by Gasteiger charge is 2.55. The largest absolute Gasteiger partial charge is 0.497 e. The highest BCUT2D eigenvalue weighted by atomic mass is 16.5. The van der Waals surface area contributed by atoms with Gasteiger partial charge < -0.3 is 14.5 Å². The number of nitrogens with zero attached hydrogens (tertiary/aromatic N) is 3. The Morgan fingerprint density at radius 3 is 2.29 bits per heavy atom. The fourth-order valence-corrected chi connectivity index (χ4v) is 7.17. The van der Waals surface area contributed by atoms with E-state index in [1.165, 1.54) is 49.7 Å². The molecule has 1 saturated heterocycles. The number of hydrogen-bond donors (Lipinski definition) is 0. The summed E-state index contributed by atoms with van der Waals surface area (Å²) in [5.41, 5.74) is 2.61. The third-order valence-electron chi connectivity index (χ3n) is 9.90. The number of benzene rings is 2. The third kappa shape index (κ3) is 5.32. The van der Waals surface area contributed by atoms with Crippen molar-refractivity contribution in [2.24, 2.45) is 5.92 Å². The smallest absolute Gasteiger partial charge is 0.320 e. The number of unbranched alkanes of at least 4 members (excludes halogenated alkanes) is 2. The third-order valence-corrected chi connectivity index (χ3v) is 9.90. The molecule has 2 amide bonds. The summed E-state index contributed by atoms with van der Waals surface area (Å²) >= 11 is 0. The van der Waals surface area contributed by atoms with Gasteiger partial charge in [-0.05, 0) is 87.7 Å². The minimum atomic E-state index is -0.0539. The van der Waals surface area contributed by atoms with Crippen LogP contribution in [0.1, 0.15) is 82.3 Å². The molecule has 2 aromatic rings. The Morgan fingerprint density at radius 2 is 1.68 bits per heavy atom. The maximum atomic E-state index is 13.9. The highest BCUT2D eigenvalue weighted by Crippen LogP contribution is 2.50. The summed E-state index contributed by atoms with van der Waals surface area (Å²) in [7, 11) is 4.03. The van der Waals surface area contributed by atoms with Crippen molar-refractivity contribution in [1.82, 2.24) is 14.7 Å². The second-order valence-corrected chi connectivity index (χ2v) is 12.1. The summed E-state index contributed by atoms with van der Waals surface area (Å²) in [6.45, 7) is 5.86. The molecule has 206 valence electrons. The fourth-order valence-electron chi connectivity index (χ4n) is 7.17. The molecule has 5 rings (SSSR count). The van der Waals surface area contributed by atoms with Gasteiger partial charge in [0.15, 0.2) is 0 Å². The quantitative estimate of drug-likeness (QED) is 0.299. The van der Waals surface area contributed by atoms with Crippen LogP contribution in [-0.4, -0.2) is 60.1 Å². The van der Waals surface area contributed by atoms with E-state index in [0.29, 0.717) is 12.5 Å². The molecule has 0 radical (unpaired) electrons. The van der Waals surface area contributed by atoms with Crippen molar-refractivity contribution in [3.63, 3.8) is 0 Å². The molecular formula is C33H47N3O2. The second-order valence-electron chi connectivity index (χ2n) is 12.1. The molecule has 0 atom stereocenters. The molecule has 5 heteroatoms. The van der Waals surface area contributed by atoms with Gasteiger partial charge in [0.25, 0.3) is 0 Å². The summed E-state index contributed by atoms with van der Waals surface area (Å²) in [4.78, 5) is 21.0. The first kappa shape index (κ1) is 27.1. The maximum Gasteiger partial charge on any atom is 0.320 e. The summed E-state index contributed by atoms with van der Waals surface area (Å²) < 4.78 is 5.34. The Kier molecular flexibility index (Phi) is 8.32. The Hall–Kier alpha value is -2.53. The number of ether oxygens (including phenoxy) is 1. The predicted molar refractivity (Wildman–Crippen MR) is 154 cm³/mol. The van der Waals surface area contributed by atoms with Crippen molar-refractivity contribution in [2.75, 3.05) is 33.8 Å². The number of urea groups is 1. The minimum Gasteiger partial charge on any atom is -0.497 e. The van der Waals surface area contributed by atoms with Gasteiger partial charge in [-0.25, -0.2) is 4.79 Å². The lowest BCUT2D eigenvalue weighted by molar-refractivity contribution is 0.00407. The number of methoxy groups -OCH3 is 1. The van der Waals surface area contributed by atoms with E-state index in [0.717, 1.165) is 51.1 Å². The number of rotatable bonds is 11.